The van der Waals surface area contributed by atoms with Crippen LogP contribution in [0.15, 0.2) is 36.4 Å². The van der Waals surface area contributed by atoms with E-state index in [1.165, 1.54) is 16.3 Å². The maximum atomic E-state index is 5.22. The number of methoxy groups -OCH3 is 1. The quantitative estimate of drug-likeness (QED) is 0.736. The fourth-order valence-electron chi connectivity index (χ4n) is 2.09. The van der Waals surface area contributed by atoms with E-state index in [2.05, 4.69) is 50.2 Å². The number of nitrogens with one attached hydrogen (secondary N) is 2. The number of ether oxygens (including phenoxy) is 1. The zero-order chi connectivity index (χ0) is 13.8. The van der Waals surface area contributed by atoms with E-state index in [9.17, 15) is 0 Å². The standard InChI is InChI=1S/C14H15N5O/c1-20-13-5-4-11-6-10(2-3-12(11)7-13)8-15-9-14-16-18-19-17-14/h2-7,15H,8-9H2,1H3,(H,16,17,18,19). The van der Waals surface area contributed by atoms with Crippen molar-refractivity contribution in [2.75, 3.05) is 7.11 Å². The Morgan fingerprint density at radius 3 is 2.75 bits per heavy atom. The molecular formula is C14H15N5O. The van der Waals surface area contributed by atoms with Crippen LogP contribution >= 0.6 is 0 Å². The van der Waals surface area contributed by atoms with Gasteiger partial charge in [0.2, 0.25) is 0 Å². The summed E-state index contributed by atoms with van der Waals surface area (Å²) in [6, 6.07) is 12.4. The van der Waals surface area contributed by atoms with Crippen LogP contribution < -0.4 is 10.1 Å². The average Bonchev–Trinajstić information content (AvgIpc) is 3.00. The molecule has 0 radical (unpaired) electrons. The van der Waals surface area contributed by atoms with E-state index in [0.717, 1.165) is 12.3 Å². The Hall–Kier alpha value is -2.47. The van der Waals surface area contributed by atoms with Crippen LogP contribution in [0.3, 0.4) is 0 Å². The summed E-state index contributed by atoms with van der Waals surface area (Å²) in [5.41, 5.74) is 1.21. The smallest absolute Gasteiger partial charge is 0.188 e. The van der Waals surface area contributed by atoms with E-state index in [0.29, 0.717) is 12.4 Å². The first-order chi connectivity index (χ1) is 9.85. The first-order valence-corrected chi connectivity index (χ1v) is 6.35. The van der Waals surface area contributed by atoms with Crippen molar-refractivity contribution < 1.29 is 4.74 Å². The number of aromatic amines is 1. The number of H-pyrrole nitrogens is 1. The van der Waals surface area contributed by atoms with Gasteiger partial charge in [-0.3, -0.25) is 0 Å². The largest absolute Gasteiger partial charge is 0.497 e. The minimum absolute atomic E-state index is 0.594. The van der Waals surface area contributed by atoms with Crippen molar-refractivity contribution in [2.45, 2.75) is 13.1 Å². The molecule has 0 fully saturated rings. The van der Waals surface area contributed by atoms with Gasteiger partial charge < -0.3 is 10.1 Å². The van der Waals surface area contributed by atoms with Gasteiger partial charge in [0.1, 0.15) is 5.75 Å². The fraction of sp³-hybridized carbons (Fsp3) is 0.214. The Bertz CT molecular complexity index is 696. The number of benzene rings is 2. The summed E-state index contributed by atoms with van der Waals surface area (Å²) < 4.78 is 5.22. The third kappa shape index (κ3) is 2.75. The molecule has 0 aliphatic rings. The highest BCUT2D eigenvalue weighted by Gasteiger charge is 2.00. The van der Waals surface area contributed by atoms with Crippen LogP contribution in [-0.2, 0) is 13.1 Å². The van der Waals surface area contributed by atoms with E-state index < -0.39 is 0 Å². The second kappa shape index (κ2) is 5.66. The lowest BCUT2D eigenvalue weighted by molar-refractivity contribution is 0.415. The summed E-state index contributed by atoms with van der Waals surface area (Å²) in [5.74, 6) is 1.54. The lowest BCUT2D eigenvalue weighted by atomic mass is 10.1. The minimum Gasteiger partial charge on any atom is -0.497 e. The molecule has 102 valence electrons. The van der Waals surface area contributed by atoms with Gasteiger partial charge in [0.25, 0.3) is 0 Å². The third-order valence-corrected chi connectivity index (χ3v) is 3.11. The van der Waals surface area contributed by atoms with Crippen molar-refractivity contribution in [2.24, 2.45) is 0 Å². The molecule has 6 nitrogen and oxygen atoms in total. The molecule has 1 heterocycles. The molecule has 20 heavy (non-hydrogen) atoms. The third-order valence-electron chi connectivity index (χ3n) is 3.11. The second-order valence-electron chi connectivity index (χ2n) is 4.48. The number of hydrogen-bond acceptors (Lipinski definition) is 5. The Labute approximate surface area is 116 Å². The van der Waals surface area contributed by atoms with Crippen LogP contribution in [0, 0.1) is 0 Å². The number of fused-ring (bicyclic) bond motifs is 1. The number of aromatic nitrogens is 4. The lowest BCUT2D eigenvalue weighted by Crippen LogP contribution is -2.13. The molecular weight excluding hydrogens is 254 g/mol. The van der Waals surface area contributed by atoms with E-state index >= 15 is 0 Å². The SMILES string of the molecule is COc1ccc2cc(CNCc3nn[nH]n3)ccc2c1. The molecule has 6 heteroatoms. The summed E-state index contributed by atoms with van der Waals surface area (Å²) in [6.07, 6.45) is 0. The van der Waals surface area contributed by atoms with Crippen molar-refractivity contribution in [3.8, 4) is 5.75 Å². The molecule has 2 aromatic carbocycles. The first-order valence-electron chi connectivity index (χ1n) is 6.35. The number of hydrogen-bond donors (Lipinski definition) is 2. The van der Waals surface area contributed by atoms with E-state index in [-0.39, 0.29) is 0 Å². The molecule has 0 aliphatic heterocycles. The van der Waals surface area contributed by atoms with Gasteiger partial charge in [-0.2, -0.15) is 5.21 Å². The van der Waals surface area contributed by atoms with Gasteiger partial charge in [0, 0.05) is 6.54 Å². The molecule has 3 rings (SSSR count). The molecule has 0 spiro atoms. The van der Waals surface area contributed by atoms with E-state index in [1.54, 1.807) is 7.11 Å². The van der Waals surface area contributed by atoms with Crippen molar-refractivity contribution in [1.82, 2.24) is 25.9 Å². The van der Waals surface area contributed by atoms with E-state index in [4.69, 9.17) is 4.74 Å². The Balaban J connectivity index is 1.69. The summed E-state index contributed by atoms with van der Waals surface area (Å²) >= 11 is 0. The van der Waals surface area contributed by atoms with Gasteiger partial charge in [-0.25, -0.2) is 0 Å². The van der Waals surface area contributed by atoms with Gasteiger partial charge in [0.05, 0.1) is 13.7 Å². The Morgan fingerprint density at radius 1 is 1.10 bits per heavy atom. The highest BCUT2D eigenvalue weighted by molar-refractivity contribution is 5.84. The van der Waals surface area contributed by atoms with Crippen molar-refractivity contribution in [1.29, 1.82) is 0 Å². The van der Waals surface area contributed by atoms with Crippen LogP contribution in [0.2, 0.25) is 0 Å². The maximum absolute atomic E-state index is 5.22. The summed E-state index contributed by atoms with van der Waals surface area (Å²) in [6.45, 7) is 1.35. The fourth-order valence-corrected chi connectivity index (χ4v) is 2.09. The van der Waals surface area contributed by atoms with Crippen molar-refractivity contribution >= 4 is 10.8 Å². The van der Waals surface area contributed by atoms with Gasteiger partial charge in [-0.1, -0.05) is 23.4 Å². The zero-order valence-electron chi connectivity index (χ0n) is 11.1. The minimum atomic E-state index is 0.594. The monoisotopic (exact) mass is 269 g/mol. The average molecular weight is 269 g/mol. The molecule has 0 saturated carbocycles. The maximum Gasteiger partial charge on any atom is 0.188 e. The first kappa shape index (κ1) is 12.6. The number of tetrazole rings is 1. The Kier molecular flexibility index (Phi) is 3.56. The van der Waals surface area contributed by atoms with Gasteiger partial charge in [-0.15, -0.1) is 10.2 Å². The molecule has 3 aromatic rings. The number of rotatable bonds is 5. The topological polar surface area (TPSA) is 75.7 Å². The van der Waals surface area contributed by atoms with Gasteiger partial charge >= 0.3 is 0 Å². The number of nitrogens with zero attached hydrogens (tertiary/aromatic N) is 3. The highest BCUT2D eigenvalue weighted by atomic mass is 16.5. The van der Waals surface area contributed by atoms with Crippen LogP contribution in [0.25, 0.3) is 10.8 Å². The normalized spacial score (nSPS) is 10.8. The summed E-state index contributed by atoms with van der Waals surface area (Å²) in [4.78, 5) is 0. The van der Waals surface area contributed by atoms with Crippen LogP contribution in [0.5, 0.6) is 5.75 Å². The molecule has 0 unspecified atom stereocenters. The molecule has 0 saturated heterocycles. The summed E-state index contributed by atoms with van der Waals surface area (Å²) in [5, 5.41) is 19.4. The molecule has 0 aliphatic carbocycles. The molecule has 0 amide bonds. The predicted molar refractivity (Wildman–Crippen MR) is 75.2 cm³/mol. The van der Waals surface area contributed by atoms with Crippen LogP contribution in [0.4, 0.5) is 0 Å². The summed E-state index contributed by atoms with van der Waals surface area (Å²) in [7, 11) is 1.68. The van der Waals surface area contributed by atoms with Crippen LogP contribution in [0.1, 0.15) is 11.4 Å². The molecule has 2 N–H and O–H groups in total. The van der Waals surface area contributed by atoms with Crippen molar-refractivity contribution in [3.05, 3.63) is 47.8 Å². The molecule has 0 bridgehead atoms. The second-order valence-corrected chi connectivity index (χ2v) is 4.48. The highest BCUT2D eigenvalue weighted by Crippen LogP contribution is 2.21. The Morgan fingerprint density at radius 2 is 1.95 bits per heavy atom. The van der Waals surface area contributed by atoms with Gasteiger partial charge in [-0.05, 0) is 34.5 Å². The molecule has 1 aromatic heterocycles. The zero-order valence-corrected chi connectivity index (χ0v) is 11.1. The van der Waals surface area contributed by atoms with Crippen molar-refractivity contribution in [3.63, 3.8) is 0 Å². The van der Waals surface area contributed by atoms with Gasteiger partial charge in [0.15, 0.2) is 5.82 Å². The lowest BCUT2D eigenvalue weighted by Gasteiger charge is -2.06. The predicted octanol–water partition coefficient (Wildman–Crippen LogP) is 1.65. The van der Waals surface area contributed by atoms with Crippen LogP contribution in [-0.4, -0.2) is 27.7 Å². The van der Waals surface area contributed by atoms with E-state index in [1.807, 2.05) is 12.1 Å². The molecule has 0 atom stereocenters.